The minimum absolute atomic E-state index is 0.0462. The molecule has 0 aliphatic carbocycles. The van der Waals surface area contributed by atoms with Gasteiger partial charge in [0.15, 0.2) is 0 Å². The molecule has 1 N–H and O–H groups in total. The van der Waals surface area contributed by atoms with E-state index in [1.807, 2.05) is 0 Å². The monoisotopic (exact) mass is 277 g/mol. The smallest absolute Gasteiger partial charge is 0.336 e. The number of nitro groups is 1. The Morgan fingerprint density at radius 3 is 2.58 bits per heavy atom. The molecular weight excluding hydrogens is 270 g/mol. The molecule has 0 radical (unpaired) electrons. The van der Waals surface area contributed by atoms with Crippen LogP contribution in [0.1, 0.15) is 10.4 Å². The summed E-state index contributed by atoms with van der Waals surface area (Å²) in [6, 6.07) is 10.1. The predicted molar refractivity (Wildman–Crippen MR) is 70.5 cm³/mol. The summed E-state index contributed by atoms with van der Waals surface area (Å²) in [6.45, 7) is 0. The first-order chi connectivity index (χ1) is 8.99. The van der Waals surface area contributed by atoms with Gasteiger partial charge < -0.3 is 5.11 Å². The molecule has 5 nitrogen and oxygen atoms in total. The molecule has 2 aromatic carbocycles. The van der Waals surface area contributed by atoms with Gasteiger partial charge in [0.2, 0.25) is 0 Å². The van der Waals surface area contributed by atoms with Crippen molar-refractivity contribution in [2.24, 2.45) is 0 Å². The molecule has 0 unspecified atom stereocenters. The van der Waals surface area contributed by atoms with Crippen molar-refractivity contribution in [3.63, 3.8) is 0 Å². The van der Waals surface area contributed by atoms with Crippen molar-refractivity contribution in [3.05, 3.63) is 63.2 Å². The Morgan fingerprint density at radius 1 is 1.21 bits per heavy atom. The van der Waals surface area contributed by atoms with Gasteiger partial charge in [0.05, 0.1) is 10.5 Å². The Balaban J connectivity index is 2.64. The van der Waals surface area contributed by atoms with Crippen molar-refractivity contribution in [1.29, 1.82) is 0 Å². The molecule has 0 aromatic heterocycles. The molecule has 0 atom stereocenters. The SMILES string of the molecule is O=C(O)c1ccc(Cl)cc1-c1cccc([N+](=O)[O-])c1. The number of carboxylic acids is 1. The van der Waals surface area contributed by atoms with Crippen LogP contribution in [-0.2, 0) is 0 Å². The fraction of sp³-hybridized carbons (Fsp3) is 0. The van der Waals surface area contributed by atoms with Crippen LogP contribution in [0.3, 0.4) is 0 Å². The first-order valence-electron chi connectivity index (χ1n) is 5.26. The molecule has 0 aliphatic rings. The second kappa shape index (κ2) is 5.07. The number of nitro benzene ring substituents is 1. The second-order valence-corrected chi connectivity index (χ2v) is 4.24. The molecule has 19 heavy (non-hydrogen) atoms. The predicted octanol–water partition coefficient (Wildman–Crippen LogP) is 3.61. The summed E-state index contributed by atoms with van der Waals surface area (Å²) < 4.78 is 0. The maximum absolute atomic E-state index is 11.1. The van der Waals surface area contributed by atoms with Crippen molar-refractivity contribution >= 4 is 23.3 Å². The van der Waals surface area contributed by atoms with Crippen LogP contribution < -0.4 is 0 Å². The second-order valence-electron chi connectivity index (χ2n) is 3.80. The quantitative estimate of drug-likeness (QED) is 0.686. The average molecular weight is 278 g/mol. The lowest BCUT2D eigenvalue weighted by atomic mass is 9.99. The summed E-state index contributed by atoms with van der Waals surface area (Å²) in [5.41, 5.74) is 0.733. The van der Waals surface area contributed by atoms with E-state index in [0.717, 1.165) is 0 Å². The van der Waals surface area contributed by atoms with Gasteiger partial charge in [0.25, 0.3) is 5.69 Å². The number of benzene rings is 2. The molecule has 6 heteroatoms. The summed E-state index contributed by atoms with van der Waals surface area (Å²) in [5, 5.41) is 20.2. The molecule has 0 amide bonds. The van der Waals surface area contributed by atoms with Crippen molar-refractivity contribution < 1.29 is 14.8 Å². The fourth-order valence-corrected chi connectivity index (χ4v) is 1.90. The van der Waals surface area contributed by atoms with Crippen LogP contribution in [0.15, 0.2) is 42.5 Å². The number of non-ortho nitro benzene ring substituents is 1. The number of rotatable bonds is 3. The Labute approximate surface area is 113 Å². The van der Waals surface area contributed by atoms with Gasteiger partial charge >= 0.3 is 5.97 Å². The highest BCUT2D eigenvalue weighted by molar-refractivity contribution is 6.31. The number of halogens is 1. The highest BCUT2D eigenvalue weighted by atomic mass is 35.5. The average Bonchev–Trinajstić information content (AvgIpc) is 2.38. The zero-order valence-corrected chi connectivity index (χ0v) is 10.3. The van der Waals surface area contributed by atoms with E-state index in [1.165, 1.54) is 36.4 Å². The number of carboxylic acid groups (broad SMARTS) is 1. The summed E-state index contributed by atoms with van der Waals surface area (Å²) in [6.07, 6.45) is 0. The Bertz CT molecular complexity index is 669. The third kappa shape index (κ3) is 2.71. The van der Waals surface area contributed by atoms with Gasteiger partial charge in [-0.3, -0.25) is 10.1 Å². The summed E-state index contributed by atoms with van der Waals surface area (Å²) in [7, 11) is 0. The largest absolute Gasteiger partial charge is 0.478 e. The lowest BCUT2D eigenvalue weighted by Gasteiger charge is -2.06. The van der Waals surface area contributed by atoms with Crippen molar-refractivity contribution in [2.45, 2.75) is 0 Å². The van der Waals surface area contributed by atoms with E-state index >= 15 is 0 Å². The summed E-state index contributed by atoms with van der Waals surface area (Å²) in [4.78, 5) is 21.3. The zero-order valence-electron chi connectivity index (χ0n) is 9.54. The minimum atomic E-state index is -1.11. The van der Waals surface area contributed by atoms with E-state index < -0.39 is 10.9 Å². The Hall–Kier alpha value is -2.40. The van der Waals surface area contributed by atoms with Crippen LogP contribution in [0, 0.1) is 10.1 Å². The van der Waals surface area contributed by atoms with E-state index in [2.05, 4.69) is 0 Å². The van der Waals surface area contributed by atoms with E-state index in [1.54, 1.807) is 6.07 Å². The number of nitrogens with zero attached hydrogens (tertiary/aromatic N) is 1. The van der Waals surface area contributed by atoms with Crippen molar-refractivity contribution in [3.8, 4) is 11.1 Å². The van der Waals surface area contributed by atoms with Crippen LogP contribution >= 0.6 is 11.6 Å². The van der Waals surface area contributed by atoms with Crippen LogP contribution in [-0.4, -0.2) is 16.0 Å². The van der Waals surface area contributed by atoms with Crippen LogP contribution in [0.25, 0.3) is 11.1 Å². The summed E-state index contributed by atoms with van der Waals surface area (Å²) in [5.74, 6) is -1.11. The van der Waals surface area contributed by atoms with Gasteiger partial charge in [0.1, 0.15) is 0 Å². The molecule has 0 fully saturated rings. The number of carbonyl (C=O) groups is 1. The Morgan fingerprint density at radius 2 is 1.95 bits per heavy atom. The van der Waals surface area contributed by atoms with E-state index in [4.69, 9.17) is 16.7 Å². The van der Waals surface area contributed by atoms with Crippen molar-refractivity contribution in [2.75, 3.05) is 0 Å². The molecule has 96 valence electrons. The van der Waals surface area contributed by atoms with Crippen LogP contribution in [0.4, 0.5) is 5.69 Å². The van der Waals surface area contributed by atoms with E-state index in [0.29, 0.717) is 16.1 Å². The topological polar surface area (TPSA) is 80.4 Å². The summed E-state index contributed by atoms with van der Waals surface area (Å²) >= 11 is 5.85. The molecule has 0 saturated carbocycles. The zero-order chi connectivity index (χ0) is 14.0. The molecular formula is C13H8ClNO4. The van der Waals surface area contributed by atoms with Gasteiger partial charge in [0, 0.05) is 17.2 Å². The first-order valence-corrected chi connectivity index (χ1v) is 5.64. The first kappa shape index (κ1) is 13.0. The lowest BCUT2D eigenvalue weighted by Crippen LogP contribution is -1.99. The highest BCUT2D eigenvalue weighted by Gasteiger charge is 2.14. The maximum Gasteiger partial charge on any atom is 0.336 e. The van der Waals surface area contributed by atoms with Gasteiger partial charge in [-0.2, -0.15) is 0 Å². The third-order valence-electron chi connectivity index (χ3n) is 2.58. The normalized spacial score (nSPS) is 10.2. The molecule has 0 saturated heterocycles. The molecule has 0 spiro atoms. The van der Waals surface area contributed by atoms with Crippen molar-refractivity contribution in [1.82, 2.24) is 0 Å². The van der Waals surface area contributed by atoms with Crippen LogP contribution in [0.2, 0.25) is 5.02 Å². The number of aromatic carboxylic acids is 1. The molecule has 2 rings (SSSR count). The molecule has 0 bridgehead atoms. The highest BCUT2D eigenvalue weighted by Crippen LogP contribution is 2.29. The number of hydrogen-bond donors (Lipinski definition) is 1. The minimum Gasteiger partial charge on any atom is -0.478 e. The van der Waals surface area contributed by atoms with Gasteiger partial charge in [-0.25, -0.2) is 4.79 Å². The Kier molecular flexibility index (Phi) is 3.48. The van der Waals surface area contributed by atoms with E-state index in [9.17, 15) is 14.9 Å². The molecule has 0 aliphatic heterocycles. The lowest BCUT2D eigenvalue weighted by molar-refractivity contribution is -0.384. The van der Waals surface area contributed by atoms with Crippen LogP contribution in [0.5, 0.6) is 0 Å². The van der Waals surface area contributed by atoms with Gasteiger partial charge in [-0.15, -0.1) is 0 Å². The third-order valence-corrected chi connectivity index (χ3v) is 2.82. The van der Waals surface area contributed by atoms with Gasteiger partial charge in [-0.05, 0) is 29.3 Å². The standard InChI is InChI=1S/C13H8ClNO4/c14-9-4-5-11(13(16)17)12(7-9)8-2-1-3-10(6-8)15(18)19/h1-7H,(H,16,17). The fourth-order valence-electron chi connectivity index (χ4n) is 1.73. The van der Waals surface area contributed by atoms with E-state index in [-0.39, 0.29) is 11.3 Å². The maximum atomic E-state index is 11.1. The molecule has 2 aromatic rings. The number of hydrogen-bond acceptors (Lipinski definition) is 3. The van der Waals surface area contributed by atoms with Gasteiger partial charge in [-0.1, -0.05) is 23.7 Å². The molecule has 0 heterocycles.